The van der Waals surface area contributed by atoms with Crippen LogP contribution in [0.4, 0.5) is 11.4 Å². The Balaban J connectivity index is 1.68. The molecule has 0 spiro atoms. The standard InChI is InChI=1S/C17H18N6O3/c1-25-14-8-7-11(9-15(14)26-2)19-16(24)10-23-21-17(20-22-23)12-5-3-4-6-13(12)18/h3-9H,10,18H2,1-2H3,(H,19,24). The first kappa shape index (κ1) is 17.2. The van der Waals surface area contributed by atoms with Crippen LogP contribution in [0.1, 0.15) is 0 Å². The maximum atomic E-state index is 12.2. The minimum atomic E-state index is -0.304. The van der Waals surface area contributed by atoms with E-state index in [0.717, 1.165) is 0 Å². The van der Waals surface area contributed by atoms with Gasteiger partial charge in [-0.3, -0.25) is 4.79 Å². The maximum Gasteiger partial charge on any atom is 0.248 e. The van der Waals surface area contributed by atoms with Crippen molar-refractivity contribution in [2.75, 3.05) is 25.3 Å². The topological polar surface area (TPSA) is 117 Å². The van der Waals surface area contributed by atoms with Gasteiger partial charge in [0.05, 0.1) is 14.2 Å². The van der Waals surface area contributed by atoms with Gasteiger partial charge in [0.1, 0.15) is 6.54 Å². The number of rotatable bonds is 6. The Hall–Kier alpha value is -3.62. The minimum absolute atomic E-state index is 0.0892. The Labute approximate surface area is 149 Å². The molecule has 0 aliphatic heterocycles. The third kappa shape index (κ3) is 3.72. The van der Waals surface area contributed by atoms with Gasteiger partial charge < -0.3 is 20.5 Å². The van der Waals surface area contributed by atoms with Gasteiger partial charge in [-0.15, -0.1) is 10.2 Å². The summed E-state index contributed by atoms with van der Waals surface area (Å²) in [6.45, 7) is -0.0892. The SMILES string of the molecule is COc1ccc(NC(=O)Cn2nnc(-c3ccccc3N)n2)cc1OC. The molecule has 0 aliphatic carbocycles. The smallest absolute Gasteiger partial charge is 0.248 e. The highest BCUT2D eigenvalue weighted by Crippen LogP contribution is 2.29. The predicted molar refractivity (Wildman–Crippen MR) is 95.8 cm³/mol. The number of anilines is 2. The average molecular weight is 354 g/mol. The van der Waals surface area contributed by atoms with Crippen LogP contribution in [0, 0.1) is 0 Å². The molecule has 134 valence electrons. The summed E-state index contributed by atoms with van der Waals surface area (Å²) >= 11 is 0. The summed E-state index contributed by atoms with van der Waals surface area (Å²) in [6.07, 6.45) is 0. The molecule has 1 heterocycles. The zero-order chi connectivity index (χ0) is 18.5. The van der Waals surface area contributed by atoms with E-state index in [1.54, 1.807) is 37.4 Å². The van der Waals surface area contributed by atoms with Gasteiger partial charge in [-0.25, -0.2) is 0 Å². The molecule has 0 radical (unpaired) electrons. The lowest BCUT2D eigenvalue weighted by atomic mass is 10.2. The van der Waals surface area contributed by atoms with Crippen molar-refractivity contribution >= 4 is 17.3 Å². The molecule has 3 N–H and O–H groups in total. The molecule has 0 atom stereocenters. The van der Waals surface area contributed by atoms with Crippen LogP contribution in [0.2, 0.25) is 0 Å². The maximum absolute atomic E-state index is 12.2. The fourth-order valence-corrected chi connectivity index (χ4v) is 2.36. The van der Waals surface area contributed by atoms with Crippen LogP contribution in [0.5, 0.6) is 11.5 Å². The van der Waals surface area contributed by atoms with E-state index in [2.05, 4.69) is 20.7 Å². The first-order valence-electron chi connectivity index (χ1n) is 7.75. The van der Waals surface area contributed by atoms with E-state index in [0.29, 0.717) is 34.3 Å². The number of carbonyl (C=O) groups excluding carboxylic acids is 1. The van der Waals surface area contributed by atoms with Crippen molar-refractivity contribution in [1.82, 2.24) is 20.2 Å². The molecule has 0 bridgehead atoms. The first-order chi connectivity index (χ1) is 12.6. The number of hydrogen-bond acceptors (Lipinski definition) is 7. The van der Waals surface area contributed by atoms with Gasteiger partial charge in [0.25, 0.3) is 0 Å². The number of nitrogens with zero attached hydrogens (tertiary/aromatic N) is 4. The summed E-state index contributed by atoms with van der Waals surface area (Å²) in [7, 11) is 3.07. The molecule has 2 aromatic carbocycles. The molecule has 3 aromatic rings. The second kappa shape index (κ2) is 7.51. The van der Waals surface area contributed by atoms with Crippen LogP contribution < -0.4 is 20.5 Å². The molecule has 9 nitrogen and oxygen atoms in total. The number of aromatic nitrogens is 4. The lowest BCUT2D eigenvalue weighted by molar-refractivity contribution is -0.117. The van der Waals surface area contributed by atoms with Crippen molar-refractivity contribution in [3.05, 3.63) is 42.5 Å². The van der Waals surface area contributed by atoms with E-state index in [1.165, 1.54) is 11.9 Å². The molecule has 26 heavy (non-hydrogen) atoms. The van der Waals surface area contributed by atoms with Crippen molar-refractivity contribution in [1.29, 1.82) is 0 Å². The highest BCUT2D eigenvalue weighted by molar-refractivity contribution is 5.90. The Morgan fingerprint density at radius 3 is 2.65 bits per heavy atom. The number of methoxy groups -OCH3 is 2. The quantitative estimate of drug-likeness (QED) is 0.645. The van der Waals surface area contributed by atoms with Gasteiger partial charge in [0.15, 0.2) is 11.5 Å². The highest BCUT2D eigenvalue weighted by atomic mass is 16.5. The minimum Gasteiger partial charge on any atom is -0.493 e. The summed E-state index contributed by atoms with van der Waals surface area (Å²) in [5, 5.41) is 14.8. The second-order valence-electron chi connectivity index (χ2n) is 5.35. The molecule has 0 aliphatic rings. The summed E-state index contributed by atoms with van der Waals surface area (Å²) in [5.74, 6) is 1.16. The molecule has 0 saturated heterocycles. The Morgan fingerprint density at radius 1 is 1.15 bits per heavy atom. The largest absolute Gasteiger partial charge is 0.493 e. The summed E-state index contributed by atoms with van der Waals surface area (Å²) in [5.41, 5.74) is 7.68. The Bertz CT molecular complexity index is 924. The second-order valence-corrected chi connectivity index (χ2v) is 5.35. The molecular formula is C17H18N6O3. The fraction of sp³-hybridized carbons (Fsp3) is 0.176. The van der Waals surface area contributed by atoms with Gasteiger partial charge >= 0.3 is 0 Å². The van der Waals surface area contributed by atoms with Crippen LogP contribution in [-0.2, 0) is 11.3 Å². The monoisotopic (exact) mass is 354 g/mol. The summed E-state index contributed by atoms with van der Waals surface area (Å²) in [4.78, 5) is 13.4. The Morgan fingerprint density at radius 2 is 1.92 bits per heavy atom. The number of nitrogens with one attached hydrogen (secondary N) is 1. The number of hydrogen-bond donors (Lipinski definition) is 2. The number of tetrazole rings is 1. The average Bonchev–Trinajstić information content (AvgIpc) is 3.10. The van der Waals surface area contributed by atoms with Crippen LogP contribution >= 0.6 is 0 Å². The van der Waals surface area contributed by atoms with Crippen molar-refractivity contribution in [3.8, 4) is 22.9 Å². The summed E-state index contributed by atoms with van der Waals surface area (Å²) in [6, 6.07) is 12.3. The normalized spacial score (nSPS) is 10.4. The number of benzene rings is 2. The van der Waals surface area contributed by atoms with Crippen LogP contribution in [-0.4, -0.2) is 40.3 Å². The first-order valence-corrected chi connectivity index (χ1v) is 7.75. The molecule has 3 rings (SSSR count). The molecule has 1 amide bonds. The van der Waals surface area contributed by atoms with Gasteiger partial charge in [-0.2, -0.15) is 4.80 Å². The van der Waals surface area contributed by atoms with Gasteiger partial charge in [-0.05, 0) is 29.5 Å². The Kier molecular flexibility index (Phi) is 4.97. The van der Waals surface area contributed by atoms with E-state index in [1.807, 2.05) is 12.1 Å². The van der Waals surface area contributed by atoms with Crippen LogP contribution in [0.15, 0.2) is 42.5 Å². The molecule has 1 aromatic heterocycles. The lowest BCUT2D eigenvalue weighted by Gasteiger charge is -2.10. The van der Waals surface area contributed by atoms with Crippen molar-refractivity contribution in [3.63, 3.8) is 0 Å². The van der Waals surface area contributed by atoms with Crippen molar-refractivity contribution < 1.29 is 14.3 Å². The zero-order valence-electron chi connectivity index (χ0n) is 14.3. The predicted octanol–water partition coefficient (Wildman–Crippen LogP) is 1.58. The molecule has 0 unspecified atom stereocenters. The van der Waals surface area contributed by atoms with Crippen molar-refractivity contribution in [2.45, 2.75) is 6.54 Å². The molecular weight excluding hydrogens is 336 g/mol. The number of para-hydroxylation sites is 1. The van der Waals surface area contributed by atoms with E-state index >= 15 is 0 Å². The third-order valence-electron chi connectivity index (χ3n) is 3.61. The number of nitrogens with two attached hydrogens (primary N) is 1. The van der Waals surface area contributed by atoms with E-state index < -0.39 is 0 Å². The van der Waals surface area contributed by atoms with E-state index in [9.17, 15) is 4.79 Å². The molecule has 0 fully saturated rings. The number of ether oxygens (including phenoxy) is 2. The van der Waals surface area contributed by atoms with Gasteiger partial charge in [0, 0.05) is 23.0 Å². The molecule has 0 saturated carbocycles. The third-order valence-corrected chi connectivity index (χ3v) is 3.61. The summed E-state index contributed by atoms with van der Waals surface area (Å²) < 4.78 is 10.4. The van der Waals surface area contributed by atoms with Crippen molar-refractivity contribution in [2.24, 2.45) is 0 Å². The number of carbonyl (C=O) groups is 1. The zero-order valence-corrected chi connectivity index (χ0v) is 14.3. The fourth-order valence-electron chi connectivity index (χ4n) is 2.36. The highest BCUT2D eigenvalue weighted by Gasteiger charge is 2.12. The number of nitrogen functional groups attached to an aromatic ring is 1. The van der Waals surface area contributed by atoms with E-state index in [4.69, 9.17) is 15.2 Å². The van der Waals surface area contributed by atoms with Crippen LogP contribution in [0.25, 0.3) is 11.4 Å². The van der Waals surface area contributed by atoms with E-state index in [-0.39, 0.29) is 12.5 Å². The van der Waals surface area contributed by atoms with Crippen LogP contribution in [0.3, 0.4) is 0 Å². The number of amides is 1. The van der Waals surface area contributed by atoms with Gasteiger partial charge in [-0.1, -0.05) is 12.1 Å². The van der Waals surface area contributed by atoms with Gasteiger partial charge in [0.2, 0.25) is 11.7 Å². The lowest BCUT2D eigenvalue weighted by Crippen LogP contribution is -2.20. The molecule has 9 heteroatoms.